The summed E-state index contributed by atoms with van der Waals surface area (Å²) in [5.74, 6) is -0.117. The third-order valence-electron chi connectivity index (χ3n) is 3.19. The van der Waals surface area contributed by atoms with Crippen molar-refractivity contribution in [3.8, 4) is 6.07 Å². The third kappa shape index (κ3) is 2.69. The topological polar surface area (TPSA) is 53.3 Å². The number of rotatable bonds is 2. The molecule has 0 N–H and O–H groups in total. The quantitative estimate of drug-likeness (QED) is 0.793. The van der Waals surface area contributed by atoms with Crippen LogP contribution < -0.4 is 0 Å². The fraction of sp³-hybridized carbons (Fsp3) is 0.429. The molecule has 2 atom stereocenters. The maximum absolute atomic E-state index is 12.3. The van der Waals surface area contributed by atoms with E-state index in [1.54, 1.807) is 4.90 Å². The Bertz CT molecular complexity index is 453. The Balaban J connectivity index is 2.05. The molecule has 1 fully saturated rings. The van der Waals surface area contributed by atoms with Crippen LogP contribution in [0, 0.1) is 11.3 Å². The van der Waals surface area contributed by atoms with E-state index in [4.69, 9.17) is 10.00 Å². The zero-order chi connectivity index (χ0) is 13.0. The second-order valence-electron chi connectivity index (χ2n) is 4.41. The molecule has 4 heteroatoms. The van der Waals surface area contributed by atoms with Crippen LogP contribution in [0.1, 0.15) is 18.4 Å². The minimum atomic E-state index is -0.495. The zero-order valence-electron chi connectivity index (χ0n) is 10.4. The monoisotopic (exact) mass is 244 g/mol. The van der Waals surface area contributed by atoms with E-state index in [1.165, 1.54) is 0 Å². The Hall–Kier alpha value is -1.86. The summed E-state index contributed by atoms with van der Waals surface area (Å²) in [6.45, 7) is 3.26. The first-order chi connectivity index (χ1) is 8.72. The molecule has 2 rings (SSSR count). The van der Waals surface area contributed by atoms with Gasteiger partial charge in [0, 0.05) is 6.54 Å². The standard InChI is InChI=1S/C14H16N2O2/c1-11(12-5-3-2-4-6-12)14(17)16-7-8-18-13(9-15)10-16/h2-6,11,13H,7-8,10H2,1H3. The van der Waals surface area contributed by atoms with Crippen LogP contribution in [-0.2, 0) is 9.53 Å². The number of nitrogens with zero attached hydrogens (tertiary/aromatic N) is 2. The number of carbonyl (C=O) groups excluding carboxylic acids is 1. The van der Waals surface area contributed by atoms with E-state index in [1.807, 2.05) is 37.3 Å². The number of carbonyl (C=O) groups is 1. The number of ether oxygens (including phenoxy) is 1. The SMILES string of the molecule is CC(C(=O)N1CCOC(C#N)C1)c1ccccc1. The molecule has 2 unspecified atom stereocenters. The van der Waals surface area contributed by atoms with Crippen molar-refractivity contribution in [3.05, 3.63) is 35.9 Å². The highest BCUT2D eigenvalue weighted by atomic mass is 16.5. The van der Waals surface area contributed by atoms with Crippen molar-refractivity contribution in [2.24, 2.45) is 0 Å². The number of hydrogen-bond donors (Lipinski definition) is 0. The molecule has 1 saturated heterocycles. The molecule has 0 aromatic heterocycles. The van der Waals surface area contributed by atoms with Gasteiger partial charge in [-0.05, 0) is 12.5 Å². The average Bonchev–Trinajstić information content (AvgIpc) is 2.46. The summed E-state index contributed by atoms with van der Waals surface area (Å²) in [7, 11) is 0. The zero-order valence-corrected chi connectivity index (χ0v) is 10.4. The van der Waals surface area contributed by atoms with Gasteiger partial charge in [-0.25, -0.2) is 0 Å². The lowest BCUT2D eigenvalue weighted by atomic mass is 9.99. The van der Waals surface area contributed by atoms with E-state index >= 15 is 0 Å². The third-order valence-corrected chi connectivity index (χ3v) is 3.19. The van der Waals surface area contributed by atoms with Crippen LogP contribution in [-0.4, -0.2) is 36.6 Å². The number of nitriles is 1. The van der Waals surface area contributed by atoms with Crippen molar-refractivity contribution in [1.29, 1.82) is 5.26 Å². The predicted octanol–water partition coefficient (Wildman–Crippen LogP) is 1.54. The molecule has 0 spiro atoms. The van der Waals surface area contributed by atoms with E-state index < -0.39 is 6.10 Å². The van der Waals surface area contributed by atoms with E-state index in [-0.39, 0.29) is 11.8 Å². The fourth-order valence-corrected chi connectivity index (χ4v) is 2.09. The Morgan fingerprint density at radius 1 is 1.50 bits per heavy atom. The minimum absolute atomic E-state index is 0.0600. The molecule has 4 nitrogen and oxygen atoms in total. The van der Waals surface area contributed by atoms with E-state index in [0.717, 1.165) is 5.56 Å². The highest BCUT2D eigenvalue weighted by Crippen LogP contribution is 2.19. The van der Waals surface area contributed by atoms with Crippen LogP contribution in [0.5, 0.6) is 0 Å². The highest BCUT2D eigenvalue weighted by molar-refractivity contribution is 5.83. The van der Waals surface area contributed by atoms with Crippen LogP contribution in [0.2, 0.25) is 0 Å². The molecule has 1 aliphatic rings. The number of morpholine rings is 1. The minimum Gasteiger partial charge on any atom is -0.360 e. The van der Waals surface area contributed by atoms with Crippen LogP contribution in [0.25, 0.3) is 0 Å². The molecule has 1 amide bonds. The fourth-order valence-electron chi connectivity index (χ4n) is 2.09. The summed E-state index contributed by atoms with van der Waals surface area (Å²) < 4.78 is 5.24. The van der Waals surface area contributed by atoms with E-state index in [2.05, 4.69) is 6.07 Å². The summed E-state index contributed by atoms with van der Waals surface area (Å²) in [5, 5.41) is 8.83. The van der Waals surface area contributed by atoms with Gasteiger partial charge in [-0.15, -0.1) is 0 Å². The van der Waals surface area contributed by atoms with E-state index in [0.29, 0.717) is 19.7 Å². The van der Waals surface area contributed by atoms with Gasteiger partial charge in [-0.2, -0.15) is 5.26 Å². The molecule has 1 aromatic carbocycles. The van der Waals surface area contributed by atoms with Crippen molar-refractivity contribution in [1.82, 2.24) is 4.90 Å². The molecule has 1 aromatic rings. The van der Waals surface area contributed by atoms with Gasteiger partial charge in [0.25, 0.3) is 0 Å². The lowest BCUT2D eigenvalue weighted by Crippen LogP contribution is -2.46. The molecule has 0 aliphatic carbocycles. The van der Waals surface area contributed by atoms with Gasteiger partial charge < -0.3 is 9.64 Å². The van der Waals surface area contributed by atoms with Gasteiger partial charge in [-0.1, -0.05) is 30.3 Å². The summed E-state index contributed by atoms with van der Waals surface area (Å²) >= 11 is 0. The summed E-state index contributed by atoms with van der Waals surface area (Å²) in [4.78, 5) is 14.0. The Kier molecular flexibility index (Phi) is 3.96. The van der Waals surface area contributed by atoms with E-state index in [9.17, 15) is 4.79 Å². The molecule has 18 heavy (non-hydrogen) atoms. The molecule has 0 radical (unpaired) electrons. The normalized spacial score (nSPS) is 21.1. The lowest BCUT2D eigenvalue weighted by molar-refractivity contribution is -0.138. The molecular weight excluding hydrogens is 228 g/mol. The van der Waals surface area contributed by atoms with Crippen LogP contribution in [0.4, 0.5) is 0 Å². The highest BCUT2D eigenvalue weighted by Gasteiger charge is 2.27. The molecule has 1 aliphatic heterocycles. The van der Waals surface area contributed by atoms with Crippen LogP contribution >= 0.6 is 0 Å². The molecule has 0 bridgehead atoms. The second-order valence-corrected chi connectivity index (χ2v) is 4.41. The summed E-state index contributed by atoms with van der Waals surface area (Å²) in [6.07, 6.45) is -0.495. The number of benzene rings is 1. The van der Waals surface area contributed by atoms with Gasteiger partial charge in [-0.3, -0.25) is 4.79 Å². The summed E-state index contributed by atoms with van der Waals surface area (Å²) in [5.41, 5.74) is 1.00. The predicted molar refractivity (Wildman–Crippen MR) is 66.8 cm³/mol. The van der Waals surface area contributed by atoms with Crippen molar-refractivity contribution in [2.75, 3.05) is 19.7 Å². The largest absolute Gasteiger partial charge is 0.360 e. The second kappa shape index (κ2) is 5.65. The van der Waals surface area contributed by atoms with Gasteiger partial charge in [0.1, 0.15) is 0 Å². The molecule has 1 heterocycles. The van der Waals surface area contributed by atoms with Crippen LogP contribution in [0.3, 0.4) is 0 Å². The van der Waals surface area contributed by atoms with Gasteiger partial charge in [0.2, 0.25) is 5.91 Å². The average molecular weight is 244 g/mol. The first-order valence-electron chi connectivity index (χ1n) is 6.07. The Morgan fingerprint density at radius 3 is 2.89 bits per heavy atom. The Morgan fingerprint density at radius 2 is 2.22 bits per heavy atom. The maximum Gasteiger partial charge on any atom is 0.230 e. The van der Waals surface area contributed by atoms with Crippen molar-refractivity contribution in [2.45, 2.75) is 18.9 Å². The van der Waals surface area contributed by atoms with Gasteiger partial charge in [0.05, 0.1) is 25.1 Å². The Labute approximate surface area is 107 Å². The maximum atomic E-state index is 12.3. The molecule has 94 valence electrons. The first-order valence-corrected chi connectivity index (χ1v) is 6.07. The number of amides is 1. The summed E-state index contributed by atoms with van der Waals surface area (Å²) in [6, 6.07) is 11.7. The van der Waals surface area contributed by atoms with Crippen molar-refractivity contribution >= 4 is 5.91 Å². The van der Waals surface area contributed by atoms with Crippen molar-refractivity contribution in [3.63, 3.8) is 0 Å². The van der Waals surface area contributed by atoms with Crippen molar-refractivity contribution < 1.29 is 9.53 Å². The smallest absolute Gasteiger partial charge is 0.230 e. The molecular formula is C14H16N2O2. The lowest BCUT2D eigenvalue weighted by Gasteiger charge is -2.31. The molecule has 0 saturated carbocycles. The van der Waals surface area contributed by atoms with Crippen LogP contribution in [0.15, 0.2) is 30.3 Å². The first kappa shape index (κ1) is 12.6. The number of hydrogen-bond acceptors (Lipinski definition) is 3. The van der Waals surface area contributed by atoms with Gasteiger partial charge >= 0.3 is 0 Å². The van der Waals surface area contributed by atoms with Gasteiger partial charge in [0.15, 0.2) is 6.10 Å².